The van der Waals surface area contributed by atoms with Crippen LogP contribution >= 0.6 is 0 Å². The van der Waals surface area contributed by atoms with E-state index in [-0.39, 0.29) is 18.1 Å². The monoisotopic (exact) mass is 338 g/mol. The Morgan fingerprint density at radius 3 is 2.24 bits per heavy atom. The highest BCUT2D eigenvalue weighted by Crippen LogP contribution is 2.13. The first-order valence-electron chi connectivity index (χ1n) is 8.39. The van der Waals surface area contributed by atoms with Gasteiger partial charge in [0.2, 0.25) is 5.78 Å². The Kier molecular flexibility index (Phi) is 7.44. The van der Waals surface area contributed by atoms with Crippen LogP contribution in [0.15, 0.2) is 72.5 Å². The van der Waals surface area contributed by atoms with E-state index in [4.69, 9.17) is 9.47 Å². The van der Waals surface area contributed by atoms with Crippen LogP contribution < -0.4 is 0 Å². The molecule has 0 fully saturated rings. The number of ketones is 1. The Balaban J connectivity index is 2.01. The lowest BCUT2D eigenvalue weighted by atomic mass is 10.1. The molecule has 0 heterocycles. The molecule has 0 aliphatic heterocycles. The fourth-order valence-corrected chi connectivity index (χ4v) is 2.19. The lowest BCUT2D eigenvalue weighted by Gasteiger charge is -2.09. The van der Waals surface area contributed by atoms with Gasteiger partial charge >= 0.3 is 6.16 Å². The summed E-state index contributed by atoms with van der Waals surface area (Å²) >= 11 is 0. The molecule has 0 radical (unpaired) electrons. The molecule has 4 nitrogen and oxygen atoms in total. The maximum Gasteiger partial charge on any atom is 0.514 e. The number of ether oxygens (including phenoxy) is 2. The van der Waals surface area contributed by atoms with Crippen LogP contribution in [-0.2, 0) is 16.1 Å². The van der Waals surface area contributed by atoms with Gasteiger partial charge in [0.25, 0.3) is 0 Å². The van der Waals surface area contributed by atoms with Gasteiger partial charge < -0.3 is 9.47 Å². The van der Waals surface area contributed by atoms with E-state index in [0.29, 0.717) is 12.0 Å². The second-order valence-electron chi connectivity index (χ2n) is 5.53. The van der Waals surface area contributed by atoms with Crippen molar-refractivity contribution < 1.29 is 19.1 Å². The SMILES string of the molecule is CCCC/C=C(/OC(=O)OCc1ccccc1)C(=O)c1ccccc1. The second kappa shape index (κ2) is 10.1. The van der Waals surface area contributed by atoms with Crippen LogP contribution in [0, 0.1) is 0 Å². The van der Waals surface area contributed by atoms with Crippen LogP contribution in [0.1, 0.15) is 42.1 Å². The highest BCUT2D eigenvalue weighted by atomic mass is 16.7. The van der Waals surface area contributed by atoms with Gasteiger partial charge in [0.15, 0.2) is 5.76 Å². The molecule has 0 saturated heterocycles. The average Bonchev–Trinajstić information content (AvgIpc) is 2.66. The van der Waals surface area contributed by atoms with Gasteiger partial charge in [-0.1, -0.05) is 74.0 Å². The summed E-state index contributed by atoms with van der Waals surface area (Å²) in [5.41, 5.74) is 1.33. The van der Waals surface area contributed by atoms with Gasteiger partial charge in [-0.3, -0.25) is 4.79 Å². The number of hydrogen-bond acceptors (Lipinski definition) is 4. The third-order valence-electron chi connectivity index (χ3n) is 3.54. The predicted octanol–water partition coefficient (Wildman–Crippen LogP) is 5.30. The quantitative estimate of drug-likeness (QED) is 0.215. The first-order chi connectivity index (χ1) is 12.2. The molecule has 130 valence electrons. The molecule has 0 aromatic heterocycles. The number of hydrogen-bond donors (Lipinski definition) is 0. The zero-order valence-corrected chi connectivity index (χ0v) is 14.3. The molecule has 2 aromatic rings. The Bertz CT molecular complexity index is 705. The summed E-state index contributed by atoms with van der Waals surface area (Å²) in [6.07, 6.45) is 3.34. The fourth-order valence-electron chi connectivity index (χ4n) is 2.19. The Labute approximate surface area is 148 Å². The number of Topliss-reactive ketones (excluding diaryl/α,β-unsaturated/α-hetero) is 1. The molecule has 0 amide bonds. The summed E-state index contributed by atoms with van der Waals surface area (Å²) < 4.78 is 10.3. The van der Waals surface area contributed by atoms with Gasteiger partial charge in [0.1, 0.15) is 6.61 Å². The summed E-state index contributed by atoms with van der Waals surface area (Å²) in [6.45, 7) is 2.16. The van der Waals surface area contributed by atoms with E-state index in [9.17, 15) is 9.59 Å². The minimum absolute atomic E-state index is 0.0118. The van der Waals surface area contributed by atoms with E-state index in [2.05, 4.69) is 6.92 Å². The standard InChI is InChI=1S/C21H22O4/c1-2-3-6-15-19(20(22)18-13-9-5-10-14-18)25-21(23)24-16-17-11-7-4-8-12-17/h4-5,7-15H,2-3,6,16H2,1H3/b19-15+. The highest BCUT2D eigenvalue weighted by Gasteiger charge is 2.18. The lowest BCUT2D eigenvalue weighted by Crippen LogP contribution is -2.13. The van der Waals surface area contributed by atoms with Crippen molar-refractivity contribution in [1.29, 1.82) is 0 Å². The van der Waals surface area contributed by atoms with Gasteiger partial charge in [0, 0.05) is 5.56 Å². The van der Waals surface area contributed by atoms with Crippen LogP contribution in [0.5, 0.6) is 0 Å². The zero-order chi connectivity index (χ0) is 17.9. The molecule has 0 bridgehead atoms. The Morgan fingerprint density at radius 2 is 1.60 bits per heavy atom. The van der Waals surface area contributed by atoms with Gasteiger partial charge in [0.05, 0.1) is 0 Å². The van der Waals surface area contributed by atoms with Crippen molar-refractivity contribution in [2.45, 2.75) is 32.8 Å². The third-order valence-corrected chi connectivity index (χ3v) is 3.54. The number of carbonyl (C=O) groups is 2. The van der Waals surface area contributed by atoms with E-state index in [1.165, 1.54) is 0 Å². The maximum atomic E-state index is 12.5. The topological polar surface area (TPSA) is 52.6 Å². The van der Waals surface area contributed by atoms with Crippen molar-refractivity contribution in [2.75, 3.05) is 0 Å². The highest BCUT2D eigenvalue weighted by molar-refractivity contribution is 6.08. The molecule has 2 rings (SSSR count). The third kappa shape index (κ3) is 6.26. The molecule has 0 saturated carbocycles. The van der Waals surface area contributed by atoms with Gasteiger partial charge in [-0.25, -0.2) is 4.79 Å². The summed E-state index contributed by atoms with van der Waals surface area (Å²) in [4.78, 5) is 24.5. The molecule has 0 spiro atoms. The van der Waals surface area contributed by atoms with Crippen LogP contribution in [0.4, 0.5) is 4.79 Å². The largest absolute Gasteiger partial charge is 0.514 e. The van der Waals surface area contributed by atoms with E-state index < -0.39 is 6.16 Å². The van der Waals surface area contributed by atoms with E-state index in [1.54, 1.807) is 30.3 Å². The minimum atomic E-state index is -0.879. The van der Waals surface area contributed by atoms with Crippen molar-refractivity contribution in [2.24, 2.45) is 0 Å². The van der Waals surface area contributed by atoms with Crippen LogP contribution in [0.3, 0.4) is 0 Å². The number of benzene rings is 2. The summed E-state index contributed by atoms with van der Waals surface area (Å²) in [6, 6.07) is 18.0. The molecule has 0 N–H and O–H groups in total. The van der Waals surface area contributed by atoms with Crippen molar-refractivity contribution in [1.82, 2.24) is 0 Å². The number of carbonyl (C=O) groups excluding carboxylic acids is 2. The summed E-state index contributed by atoms with van der Waals surface area (Å²) in [5, 5.41) is 0. The maximum absolute atomic E-state index is 12.5. The zero-order valence-electron chi connectivity index (χ0n) is 14.3. The Hall–Kier alpha value is -2.88. The van der Waals surface area contributed by atoms with Gasteiger partial charge in [-0.2, -0.15) is 0 Å². The van der Waals surface area contributed by atoms with Gasteiger partial charge in [-0.05, 0) is 24.5 Å². The molecule has 0 aliphatic carbocycles. The van der Waals surface area contributed by atoms with Crippen molar-refractivity contribution in [3.8, 4) is 0 Å². The summed E-state index contributed by atoms with van der Waals surface area (Å²) in [7, 11) is 0. The second-order valence-corrected chi connectivity index (χ2v) is 5.53. The van der Waals surface area contributed by atoms with Crippen molar-refractivity contribution in [3.63, 3.8) is 0 Å². The summed E-state index contributed by atoms with van der Waals surface area (Å²) in [5.74, 6) is -0.314. The predicted molar refractivity (Wildman–Crippen MR) is 96.1 cm³/mol. The molecular weight excluding hydrogens is 316 g/mol. The molecule has 2 aromatic carbocycles. The Morgan fingerprint density at radius 1 is 0.960 bits per heavy atom. The van der Waals surface area contributed by atoms with Crippen LogP contribution in [-0.4, -0.2) is 11.9 Å². The smallest absolute Gasteiger partial charge is 0.429 e. The van der Waals surface area contributed by atoms with Crippen LogP contribution in [0.25, 0.3) is 0 Å². The molecule has 0 unspecified atom stereocenters. The first-order valence-corrected chi connectivity index (χ1v) is 8.39. The minimum Gasteiger partial charge on any atom is -0.429 e. The van der Waals surface area contributed by atoms with Crippen LogP contribution in [0.2, 0.25) is 0 Å². The number of unbranched alkanes of at least 4 members (excludes halogenated alkanes) is 2. The molecule has 4 heteroatoms. The number of rotatable bonds is 8. The number of allylic oxidation sites excluding steroid dienone is 2. The van der Waals surface area contributed by atoms with Crippen molar-refractivity contribution >= 4 is 11.9 Å². The first kappa shape index (κ1) is 18.5. The fraction of sp³-hybridized carbons (Fsp3) is 0.238. The van der Waals surface area contributed by atoms with E-state index in [1.807, 2.05) is 36.4 Å². The van der Waals surface area contributed by atoms with Gasteiger partial charge in [-0.15, -0.1) is 0 Å². The average molecular weight is 338 g/mol. The molecule has 0 atom stereocenters. The normalized spacial score (nSPS) is 11.0. The molecule has 25 heavy (non-hydrogen) atoms. The van der Waals surface area contributed by atoms with Crippen molar-refractivity contribution in [3.05, 3.63) is 83.6 Å². The molecule has 0 aliphatic rings. The van der Waals surface area contributed by atoms with E-state index >= 15 is 0 Å². The lowest BCUT2D eigenvalue weighted by molar-refractivity contribution is 0.0634. The molecular formula is C21H22O4. The van der Waals surface area contributed by atoms with E-state index in [0.717, 1.165) is 18.4 Å².